The molecule has 0 bridgehead atoms. The van der Waals surface area contributed by atoms with E-state index in [4.69, 9.17) is 4.55 Å². The number of hydrogen-bond donors (Lipinski definition) is 1. The lowest BCUT2D eigenvalue weighted by Crippen LogP contribution is -2.20. The van der Waals surface area contributed by atoms with Crippen LogP contribution in [0.15, 0.2) is 0 Å². The van der Waals surface area contributed by atoms with Gasteiger partial charge in [0.05, 0.1) is 0 Å². The molecule has 0 radical (unpaired) electrons. The lowest BCUT2D eigenvalue weighted by molar-refractivity contribution is -0.145. The van der Waals surface area contributed by atoms with Crippen LogP contribution in [0.4, 0.5) is 0 Å². The van der Waals surface area contributed by atoms with Gasteiger partial charge in [-0.3, -0.25) is 14.1 Å². The Kier molecular flexibility index (Phi) is 4.57. The quantitative estimate of drug-likeness (QED) is 0.480. The highest BCUT2D eigenvalue weighted by atomic mass is 32.2. The van der Waals surface area contributed by atoms with Crippen LogP contribution in [0.5, 0.6) is 0 Å². The minimum absolute atomic E-state index is 0.207. The number of esters is 1. The molecule has 0 amide bonds. The summed E-state index contributed by atoms with van der Waals surface area (Å²) in [5.41, 5.74) is 0. The van der Waals surface area contributed by atoms with E-state index >= 15 is 0 Å². The van der Waals surface area contributed by atoms with E-state index in [1.54, 1.807) is 6.92 Å². The summed E-state index contributed by atoms with van der Waals surface area (Å²) in [5.74, 6) is -2.57. The van der Waals surface area contributed by atoms with E-state index in [-0.39, 0.29) is 12.2 Å². The maximum absolute atomic E-state index is 10.6. The highest BCUT2D eigenvalue weighted by molar-refractivity contribution is 7.86. The zero-order valence-corrected chi connectivity index (χ0v) is 7.83. The van der Waals surface area contributed by atoms with Gasteiger partial charge in [0.25, 0.3) is 10.1 Å². The normalized spacial score (nSPS) is 10.9. The maximum atomic E-state index is 10.6. The van der Waals surface area contributed by atoms with Crippen LogP contribution in [0.25, 0.3) is 0 Å². The third-order valence-corrected chi connectivity index (χ3v) is 1.69. The minimum atomic E-state index is -4.36. The molecule has 0 aromatic carbocycles. The predicted octanol–water partition coefficient (Wildman–Crippen LogP) is -0.603. The number of ketones is 1. The van der Waals surface area contributed by atoms with Gasteiger partial charge in [0.15, 0.2) is 11.5 Å². The van der Waals surface area contributed by atoms with Crippen molar-refractivity contribution in [1.82, 2.24) is 0 Å². The van der Waals surface area contributed by atoms with Crippen LogP contribution < -0.4 is 0 Å². The van der Waals surface area contributed by atoms with Gasteiger partial charge in [-0.25, -0.2) is 0 Å². The van der Waals surface area contributed by atoms with Crippen molar-refractivity contribution >= 4 is 21.9 Å². The van der Waals surface area contributed by atoms with E-state index < -0.39 is 28.4 Å². The zero-order chi connectivity index (χ0) is 10.5. The van der Waals surface area contributed by atoms with Crippen molar-refractivity contribution < 1.29 is 27.3 Å². The molecule has 7 heteroatoms. The van der Waals surface area contributed by atoms with Crippen LogP contribution in [0.2, 0.25) is 0 Å². The van der Waals surface area contributed by atoms with E-state index in [1.165, 1.54) is 0 Å². The van der Waals surface area contributed by atoms with Crippen molar-refractivity contribution in [3.05, 3.63) is 0 Å². The van der Waals surface area contributed by atoms with Crippen LogP contribution >= 0.6 is 0 Å². The fraction of sp³-hybridized carbons (Fsp3) is 0.667. The first kappa shape index (κ1) is 12.0. The minimum Gasteiger partial charge on any atom is -0.457 e. The number of rotatable bonds is 5. The number of ether oxygens (including phenoxy) is 1. The zero-order valence-electron chi connectivity index (χ0n) is 7.02. The van der Waals surface area contributed by atoms with Crippen molar-refractivity contribution in [2.45, 2.75) is 13.3 Å². The molecule has 0 heterocycles. The molecule has 0 spiro atoms. The molecule has 0 aliphatic heterocycles. The Bertz CT molecular complexity index is 290. The van der Waals surface area contributed by atoms with E-state index in [0.29, 0.717) is 0 Å². The van der Waals surface area contributed by atoms with Crippen LogP contribution in [0, 0.1) is 0 Å². The molecule has 13 heavy (non-hydrogen) atoms. The summed E-state index contributed by atoms with van der Waals surface area (Å²) in [6.07, 6.45) is 0.207. The van der Waals surface area contributed by atoms with Gasteiger partial charge in [0.1, 0.15) is 6.61 Å². The molecule has 0 saturated heterocycles. The molecule has 0 aromatic rings. The van der Waals surface area contributed by atoms with Gasteiger partial charge in [0, 0.05) is 6.42 Å². The SMILES string of the molecule is CCC(=O)COC(=O)CS(=O)(=O)O. The van der Waals surface area contributed by atoms with Crippen molar-refractivity contribution in [2.24, 2.45) is 0 Å². The second-order valence-corrected chi connectivity index (χ2v) is 3.73. The van der Waals surface area contributed by atoms with Gasteiger partial charge in [0.2, 0.25) is 0 Å². The monoisotopic (exact) mass is 210 g/mol. The second kappa shape index (κ2) is 4.93. The average molecular weight is 210 g/mol. The summed E-state index contributed by atoms with van der Waals surface area (Å²) >= 11 is 0. The molecule has 0 saturated carbocycles. The van der Waals surface area contributed by atoms with Crippen molar-refractivity contribution in [1.29, 1.82) is 0 Å². The molecule has 6 nitrogen and oxygen atoms in total. The first-order chi connectivity index (χ1) is 5.85. The summed E-state index contributed by atoms with van der Waals surface area (Å²) < 4.78 is 32.7. The molecular weight excluding hydrogens is 200 g/mol. The van der Waals surface area contributed by atoms with E-state index in [0.717, 1.165) is 0 Å². The molecule has 0 unspecified atom stereocenters. The maximum Gasteiger partial charge on any atom is 0.324 e. The van der Waals surface area contributed by atoms with Gasteiger partial charge in [-0.1, -0.05) is 6.92 Å². The third kappa shape index (κ3) is 7.41. The topological polar surface area (TPSA) is 97.7 Å². The van der Waals surface area contributed by atoms with E-state index in [1.807, 2.05) is 0 Å². The molecule has 76 valence electrons. The largest absolute Gasteiger partial charge is 0.457 e. The molecule has 0 rings (SSSR count). The van der Waals surface area contributed by atoms with Gasteiger partial charge in [-0.15, -0.1) is 0 Å². The lowest BCUT2D eigenvalue weighted by Gasteiger charge is -2.00. The first-order valence-corrected chi connectivity index (χ1v) is 5.08. The number of Topliss-reactive ketones (excluding diaryl/α,β-unsaturated/α-hetero) is 1. The van der Waals surface area contributed by atoms with Gasteiger partial charge in [-0.2, -0.15) is 8.42 Å². The number of hydrogen-bond acceptors (Lipinski definition) is 5. The fourth-order valence-corrected chi connectivity index (χ4v) is 0.835. The highest BCUT2D eigenvalue weighted by Gasteiger charge is 2.14. The van der Waals surface area contributed by atoms with E-state index in [9.17, 15) is 18.0 Å². The Morgan fingerprint density at radius 3 is 2.31 bits per heavy atom. The number of carbonyl (C=O) groups is 2. The summed E-state index contributed by atoms with van der Waals surface area (Å²) in [7, 11) is -4.36. The Morgan fingerprint density at radius 2 is 1.92 bits per heavy atom. The van der Waals surface area contributed by atoms with Crippen LogP contribution in [-0.2, 0) is 24.4 Å². The molecule has 0 atom stereocenters. The molecule has 1 N–H and O–H groups in total. The van der Waals surface area contributed by atoms with Gasteiger partial charge < -0.3 is 4.74 Å². The Labute approximate surface area is 75.6 Å². The van der Waals surface area contributed by atoms with Crippen LogP contribution in [0.1, 0.15) is 13.3 Å². The lowest BCUT2D eigenvalue weighted by atomic mass is 10.3. The summed E-state index contributed by atoms with van der Waals surface area (Å²) in [4.78, 5) is 21.2. The molecular formula is C6H10O6S. The number of carbonyl (C=O) groups excluding carboxylic acids is 2. The van der Waals surface area contributed by atoms with Crippen molar-refractivity contribution in [2.75, 3.05) is 12.4 Å². The smallest absolute Gasteiger partial charge is 0.324 e. The van der Waals surface area contributed by atoms with Gasteiger partial charge in [-0.05, 0) is 0 Å². The summed E-state index contributed by atoms with van der Waals surface area (Å²) in [6, 6.07) is 0. The summed E-state index contributed by atoms with van der Waals surface area (Å²) in [6.45, 7) is 1.13. The third-order valence-electron chi connectivity index (χ3n) is 1.09. The Balaban J connectivity index is 3.84. The average Bonchev–Trinajstić information content (AvgIpc) is 1.97. The van der Waals surface area contributed by atoms with Gasteiger partial charge >= 0.3 is 5.97 Å². The molecule has 0 fully saturated rings. The van der Waals surface area contributed by atoms with Crippen molar-refractivity contribution in [3.8, 4) is 0 Å². The van der Waals surface area contributed by atoms with Crippen LogP contribution in [0.3, 0.4) is 0 Å². The summed E-state index contributed by atoms with van der Waals surface area (Å²) in [5, 5.41) is 0. The standard InChI is InChI=1S/C6H10O6S/c1-2-5(7)3-12-6(8)4-13(9,10)11/h2-4H2,1H3,(H,9,10,11). The molecule has 0 aliphatic rings. The highest BCUT2D eigenvalue weighted by Crippen LogP contribution is 1.88. The van der Waals surface area contributed by atoms with Crippen LogP contribution in [-0.4, -0.2) is 37.1 Å². The second-order valence-electron chi connectivity index (χ2n) is 2.28. The molecule has 0 aromatic heterocycles. The van der Waals surface area contributed by atoms with E-state index in [2.05, 4.69) is 4.74 Å². The molecule has 0 aliphatic carbocycles. The first-order valence-electron chi connectivity index (χ1n) is 3.47. The predicted molar refractivity (Wildman–Crippen MR) is 42.7 cm³/mol. The van der Waals surface area contributed by atoms with Crippen molar-refractivity contribution in [3.63, 3.8) is 0 Å². The Morgan fingerprint density at radius 1 is 1.38 bits per heavy atom. The Hall–Kier alpha value is -0.950. The fourth-order valence-electron chi connectivity index (χ4n) is 0.454.